The molecule has 0 bridgehead atoms. The zero-order valence-corrected chi connectivity index (χ0v) is 17.0. The van der Waals surface area contributed by atoms with Crippen molar-refractivity contribution in [3.8, 4) is 11.8 Å². The fraction of sp³-hybridized carbons (Fsp3) is 0.417. The molecule has 1 aromatic carbocycles. The van der Waals surface area contributed by atoms with Gasteiger partial charge in [-0.2, -0.15) is 5.26 Å². The molecule has 0 radical (unpaired) electrons. The molecule has 1 aromatic heterocycles. The lowest BCUT2D eigenvalue weighted by atomic mass is 9.91. The molecule has 3 aliphatic carbocycles. The summed E-state index contributed by atoms with van der Waals surface area (Å²) in [6.45, 7) is 0. The standard InChI is InChI=1S/C24H25N5O/c25-15-20-19-9-5-4-6-17(19)14-21(20)26-23(30)13-12-22-27-28-24(16-10-11-16)29(22)18-7-2-1-3-8-18/h1-3,7-8,16H,4-6,9-14H2,(H,26,30). The minimum atomic E-state index is -0.0619. The Labute approximate surface area is 176 Å². The van der Waals surface area contributed by atoms with Crippen molar-refractivity contribution in [1.82, 2.24) is 20.1 Å². The topological polar surface area (TPSA) is 83.6 Å². The van der Waals surface area contributed by atoms with Gasteiger partial charge in [-0.05, 0) is 56.2 Å². The van der Waals surface area contributed by atoms with Crippen molar-refractivity contribution < 1.29 is 4.79 Å². The van der Waals surface area contributed by atoms with Crippen LogP contribution in [0.2, 0.25) is 0 Å². The van der Waals surface area contributed by atoms with Crippen molar-refractivity contribution in [1.29, 1.82) is 5.26 Å². The Morgan fingerprint density at radius 2 is 1.97 bits per heavy atom. The average molecular weight is 399 g/mol. The average Bonchev–Trinajstić information content (AvgIpc) is 3.43. The molecule has 1 fully saturated rings. The monoisotopic (exact) mass is 399 g/mol. The number of allylic oxidation sites excluding steroid dienone is 3. The van der Waals surface area contributed by atoms with E-state index in [1.54, 1.807) is 0 Å². The summed E-state index contributed by atoms with van der Waals surface area (Å²) >= 11 is 0. The van der Waals surface area contributed by atoms with Crippen LogP contribution in [0.1, 0.15) is 68.9 Å². The van der Waals surface area contributed by atoms with Crippen molar-refractivity contribution in [2.24, 2.45) is 0 Å². The number of para-hydroxylation sites is 1. The third-order valence-corrected chi connectivity index (χ3v) is 6.27. The van der Waals surface area contributed by atoms with E-state index in [0.29, 0.717) is 24.3 Å². The highest BCUT2D eigenvalue weighted by atomic mass is 16.1. The van der Waals surface area contributed by atoms with Gasteiger partial charge in [0, 0.05) is 36.6 Å². The normalized spacial score (nSPS) is 18.4. The number of carbonyl (C=O) groups is 1. The molecule has 1 N–H and O–H groups in total. The van der Waals surface area contributed by atoms with Crippen LogP contribution in [0.5, 0.6) is 0 Å². The Bertz CT molecular complexity index is 1080. The number of nitrogens with zero attached hydrogens (tertiary/aromatic N) is 4. The van der Waals surface area contributed by atoms with Gasteiger partial charge in [0.1, 0.15) is 17.7 Å². The number of hydrogen-bond donors (Lipinski definition) is 1. The zero-order chi connectivity index (χ0) is 20.5. The molecule has 1 amide bonds. The maximum Gasteiger partial charge on any atom is 0.224 e. The van der Waals surface area contributed by atoms with E-state index in [1.807, 2.05) is 18.2 Å². The van der Waals surface area contributed by atoms with Gasteiger partial charge in [0.25, 0.3) is 0 Å². The molecule has 0 atom stereocenters. The lowest BCUT2D eigenvalue weighted by Gasteiger charge is -2.13. The molecule has 0 aliphatic heterocycles. The number of carbonyl (C=O) groups excluding carboxylic acids is 1. The Hall–Kier alpha value is -3.20. The quantitative estimate of drug-likeness (QED) is 0.787. The maximum absolute atomic E-state index is 12.7. The van der Waals surface area contributed by atoms with Crippen LogP contribution >= 0.6 is 0 Å². The first-order valence-electron chi connectivity index (χ1n) is 10.9. The van der Waals surface area contributed by atoms with Gasteiger partial charge < -0.3 is 5.32 Å². The van der Waals surface area contributed by atoms with Crippen LogP contribution in [-0.4, -0.2) is 20.7 Å². The van der Waals surface area contributed by atoms with Crippen molar-refractivity contribution in [2.45, 2.75) is 63.7 Å². The van der Waals surface area contributed by atoms with Gasteiger partial charge in [0.05, 0.1) is 5.57 Å². The van der Waals surface area contributed by atoms with Gasteiger partial charge in [-0.1, -0.05) is 23.8 Å². The largest absolute Gasteiger partial charge is 0.328 e. The number of aromatic nitrogens is 3. The molecule has 6 heteroatoms. The fourth-order valence-electron chi connectivity index (χ4n) is 4.60. The molecular formula is C24H25N5O. The van der Waals surface area contributed by atoms with Crippen molar-refractivity contribution in [3.05, 3.63) is 64.4 Å². The van der Waals surface area contributed by atoms with Gasteiger partial charge in [0.2, 0.25) is 5.91 Å². The highest BCUT2D eigenvalue weighted by Gasteiger charge is 2.31. The van der Waals surface area contributed by atoms with E-state index in [4.69, 9.17) is 0 Å². The molecule has 1 heterocycles. The minimum Gasteiger partial charge on any atom is -0.328 e. The summed E-state index contributed by atoms with van der Waals surface area (Å²) in [5, 5.41) is 21.5. The predicted molar refractivity (Wildman–Crippen MR) is 113 cm³/mol. The van der Waals surface area contributed by atoms with Crippen LogP contribution in [0.3, 0.4) is 0 Å². The first kappa shape index (κ1) is 18.8. The summed E-state index contributed by atoms with van der Waals surface area (Å²) in [4.78, 5) is 12.7. The van der Waals surface area contributed by atoms with E-state index in [9.17, 15) is 10.1 Å². The second-order valence-corrected chi connectivity index (χ2v) is 8.40. The summed E-state index contributed by atoms with van der Waals surface area (Å²) in [6.07, 6.45) is 8.16. The van der Waals surface area contributed by atoms with E-state index in [1.165, 1.54) is 17.6 Å². The molecular weight excluding hydrogens is 374 g/mol. The highest BCUT2D eigenvalue weighted by Crippen LogP contribution is 2.41. The molecule has 0 unspecified atom stereocenters. The number of amides is 1. The van der Waals surface area contributed by atoms with Gasteiger partial charge in [-0.25, -0.2) is 0 Å². The Morgan fingerprint density at radius 1 is 1.17 bits per heavy atom. The van der Waals surface area contributed by atoms with E-state index in [0.717, 1.165) is 61.6 Å². The summed E-state index contributed by atoms with van der Waals surface area (Å²) in [6, 6.07) is 12.4. The molecule has 0 spiro atoms. The van der Waals surface area contributed by atoms with Crippen molar-refractivity contribution in [2.75, 3.05) is 0 Å². The number of nitriles is 1. The third kappa shape index (κ3) is 3.56. The predicted octanol–water partition coefficient (Wildman–Crippen LogP) is 4.25. The number of hydrogen-bond acceptors (Lipinski definition) is 4. The number of benzene rings is 1. The van der Waals surface area contributed by atoms with Gasteiger partial charge in [-0.15, -0.1) is 10.2 Å². The molecule has 5 rings (SSSR count). The summed E-state index contributed by atoms with van der Waals surface area (Å²) in [5.41, 5.74) is 5.05. The van der Waals surface area contributed by atoms with Crippen molar-refractivity contribution in [3.63, 3.8) is 0 Å². The first-order chi connectivity index (χ1) is 14.7. The number of aryl methyl sites for hydroxylation is 1. The van der Waals surface area contributed by atoms with Gasteiger partial charge in [-0.3, -0.25) is 9.36 Å². The molecule has 6 nitrogen and oxygen atoms in total. The van der Waals surface area contributed by atoms with Crippen LogP contribution in [0.4, 0.5) is 0 Å². The molecule has 30 heavy (non-hydrogen) atoms. The fourth-order valence-corrected chi connectivity index (χ4v) is 4.60. The Kier molecular flexibility index (Phi) is 4.96. The SMILES string of the molecule is N#CC1=C(NC(=O)CCc2nnc(C3CC3)n2-c2ccccc2)CC2=C1CCCC2. The van der Waals surface area contributed by atoms with Crippen LogP contribution in [-0.2, 0) is 11.2 Å². The number of rotatable bonds is 6. The summed E-state index contributed by atoms with van der Waals surface area (Å²) < 4.78 is 2.11. The molecule has 1 saturated carbocycles. The first-order valence-corrected chi connectivity index (χ1v) is 10.9. The minimum absolute atomic E-state index is 0.0619. The van der Waals surface area contributed by atoms with Crippen LogP contribution < -0.4 is 5.32 Å². The van der Waals surface area contributed by atoms with Crippen LogP contribution in [0, 0.1) is 11.3 Å². The lowest BCUT2D eigenvalue weighted by Crippen LogP contribution is -2.24. The second kappa shape index (κ2) is 7.91. The molecule has 152 valence electrons. The summed E-state index contributed by atoms with van der Waals surface area (Å²) in [5.74, 6) is 2.23. The molecule has 0 saturated heterocycles. The smallest absolute Gasteiger partial charge is 0.224 e. The van der Waals surface area contributed by atoms with Crippen LogP contribution in [0.25, 0.3) is 5.69 Å². The van der Waals surface area contributed by atoms with Crippen molar-refractivity contribution >= 4 is 5.91 Å². The van der Waals surface area contributed by atoms with E-state index in [-0.39, 0.29) is 5.91 Å². The summed E-state index contributed by atoms with van der Waals surface area (Å²) in [7, 11) is 0. The zero-order valence-electron chi connectivity index (χ0n) is 17.0. The van der Waals surface area contributed by atoms with E-state index in [2.05, 4.69) is 38.3 Å². The maximum atomic E-state index is 12.7. The van der Waals surface area contributed by atoms with Gasteiger partial charge in [0.15, 0.2) is 0 Å². The lowest BCUT2D eigenvalue weighted by molar-refractivity contribution is -0.120. The molecule has 3 aliphatic rings. The Morgan fingerprint density at radius 3 is 2.73 bits per heavy atom. The number of nitrogens with one attached hydrogen (secondary N) is 1. The third-order valence-electron chi connectivity index (χ3n) is 6.27. The van der Waals surface area contributed by atoms with Crippen LogP contribution in [0.15, 0.2) is 52.7 Å². The van der Waals surface area contributed by atoms with E-state index < -0.39 is 0 Å². The second-order valence-electron chi connectivity index (χ2n) is 8.40. The van der Waals surface area contributed by atoms with Gasteiger partial charge >= 0.3 is 0 Å². The van der Waals surface area contributed by atoms with E-state index >= 15 is 0 Å². The Balaban J connectivity index is 1.29. The molecule has 2 aromatic rings. The highest BCUT2D eigenvalue weighted by molar-refractivity contribution is 5.79.